The van der Waals surface area contributed by atoms with Crippen LogP contribution in [0.15, 0.2) is 176 Å². The van der Waals surface area contributed by atoms with Crippen LogP contribution in [0, 0.1) is 5.82 Å². The van der Waals surface area contributed by atoms with Gasteiger partial charge in [-0.1, -0.05) is 127 Å². The van der Waals surface area contributed by atoms with Crippen molar-refractivity contribution in [3.05, 3.63) is 182 Å². The van der Waals surface area contributed by atoms with Crippen molar-refractivity contribution >= 4 is 60.3 Å². The lowest BCUT2D eigenvalue weighted by atomic mass is 9.84. The Morgan fingerprint density at radius 3 is 1.56 bits per heavy atom. The molecule has 9 aromatic rings. The number of hydrogen-bond acceptors (Lipinski definition) is 2. The van der Waals surface area contributed by atoms with Crippen LogP contribution in [0.25, 0.3) is 65.3 Å². The highest BCUT2D eigenvalue weighted by Gasteiger charge is 2.20. The highest BCUT2D eigenvalue weighted by molar-refractivity contribution is 6.25. The number of hydrogen-bond donors (Lipinski definition) is 0. The van der Waals surface area contributed by atoms with Gasteiger partial charge in [0.15, 0.2) is 0 Å². The van der Waals surface area contributed by atoms with Crippen molar-refractivity contribution in [2.75, 3.05) is 4.90 Å². The Kier molecular flexibility index (Phi) is 6.69. The molecule has 1 heterocycles. The Bertz CT molecular complexity index is 2550. The molecule has 0 aliphatic carbocycles. The Morgan fingerprint density at radius 2 is 0.938 bits per heavy atom. The first kappa shape index (κ1) is 27.9. The van der Waals surface area contributed by atoms with Crippen molar-refractivity contribution in [1.82, 2.24) is 4.98 Å². The van der Waals surface area contributed by atoms with Gasteiger partial charge in [-0.2, -0.15) is 0 Å². The van der Waals surface area contributed by atoms with Gasteiger partial charge >= 0.3 is 0 Å². The quantitative estimate of drug-likeness (QED) is 0.141. The van der Waals surface area contributed by atoms with Crippen molar-refractivity contribution in [1.29, 1.82) is 0 Å². The van der Waals surface area contributed by atoms with Crippen LogP contribution in [0.5, 0.6) is 0 Å². The van der Waals surface area contributed by atoms with Gasteiger partial charge in [0.25, 0.3) is 0 Å². The summed E-state index contributed by atoms with van der Waals surface area (Å²) in [5.41, 5.74) is 6.71. The molecule has 0 aliphatic rings. The summed E-state index contributed by atoms with van der Waals surface area (Å²) >= 11 is 0. The SMILES string of the molecule is Fc1ccc(N(c2ccccc2)c2ccc(-c3c4ccccc4c(-c4cc5ccccc5c5ccccc45)c4ccccc34)cc2)nc1. The number of aromatic nitrogens is 1. The van der Waals surface area contributed by atoms with E-state index in [1.54, 1.807) is 6.07 Å². The van der Waals surface area contributed by atoms with Crippen LogP contribution in [0.3, 0.4) is 0 Å². The second-order valence-electron chi connectivity index (χ2n) is 12.1. The smallest absolute Gasteiger partial charge is 0.141 e. The second kappa shape index (κ2) is 11.5. The Morgan fingerprint density at radius 1 is 0.417 bits per heavy atom. The first-order chi connectivity index (χ1) is 23.7. The molecule has 3 heteroatoms. The first-order valence-corrected chi connectivity index (χ1v) is 16.2. The Labute approximate surface area is 278 Å². The fourth-order valence-corrected chi connectivity index (χ4v) is 7.26. The number of halogens is 1. The average molecular weight is 617 g/mol. The Hall–Kier alpha value is -6.32. The molecular formula is C45H29FN2. The number of benzene rings is 8. The van der Waals surface area contributed by atoms with Crippen molar-refractivity contribution in [2.24, 2.45) is 0 Å². The molecule has 0 amide bonds. The van der Waals surface area contributed by atoms with E-state index in [-0.39, 0.29) is 5.82 Å². The van der Waals surface area contributed by atoms with Gasteiger partial charge in [0, 0.05) is 11.4 Å². The standard InChI is InChI=1S/C45H29FN2/c46-32-24-27-43(47-29-32)48(33-13-2-1-3-14-33)34-25-22-30(23-26-34)44-38-18-8-10-20-40(38)45(41-21-11-9-19-39(41)44)42-28-31-12-4-5-15-35(31)36-16-6-7-17-37(36)42/h1-29H. The van der Waals surface area contributed by atoms with Crippen molar-refractivity contribution in [3.8, 4) is 22.3 Å². The number of rotatable bonds is 5. The van der Waals surface area contributed by atoms with Crippen LogP contribution in [0.1, 0.15) is 0 Å². The molecule has 2 nitrogen and oxygen atoms in total. The maximum Gasteiger partial charge on any atom is 0.141 e. The van der Waals surface area contributed by atoms with Crippen LogP contribution in [-0.4, -0.2) is 4.98 Å². The Balaban J connectivity index is 1.27. The molecular weight excluding hydrogens is 588 g/mol. The third-order valence-corrected chi connectivity index (χ3v) is 9.34. The van der Waals surface area contributed by atoms with Gasteiger partial charge in [-0.25, -0.2) is 9.37 Å². The van der Waals surface area contributed by atoms with Gasteiger partial charge < -0.3 is 0 Å². The van der Waals surface area contributed by atoms with E-state index in [0.29, 0.717) is 5.82 Å². The van der Waals surface area contributed by atoms with E-state index in [1.807, 2.05) is 35.2 Å². The van der Waals surface area contributed by atoms with E-state index in [9.17, 15) is 4.39 Å². The fourth-order valence-electron chi connectivity index (χ4n) is 7.26. The van der Waals surface area contributed by atoms with Crippen LogP contribution in [-0.2, 0) is 0 Å². The minimum absolute atomic E-state index is 0.360. The lowest BCUT2D eigenvalue weighted by Gasteiger charge is -2.24. The number of nitrogens with zero attached hydrogens (tertiary/aromatic N) is 2. The molecule has 0 unspecified atom stereocenters. The van der Waals surface area contributed by atoms with Crippen molar-refractivity contribution < 1.29 is 4.39 Å². The van der Waals surface area contributed by atoms with Crippen LogP contribution in [0.4, 0.5) is 21.6 Å². The minimum atomic E-state index is -0.360. The molecule has 9 rings (SSSR count). The second-order valence-corrected chi connectivity index (χ2v) is 12.1. The molecule has 8 aromatic carbocycles. The largest absolute Gasteiger partial charge is 0.295 e. The lowest BCUT2D eigenvalue weighted by Crippen LogP contribution is -2.11. The maximum absolute atomic E-state index is 13.9. The molecule has 1 aromatic heterocycles. The number of anilines is 3. The third-order valence-electron chi connectivity index (χ3n) is 9.34. The summed E-state index contributed by atoms with van der Waals surface area (Å²) in [5.74, 6) is 0.291. The predicted molar refractivity (Wildman–Crippen MR) is 200 cm³/mol. The number of para-hydroxylation sites is 1. The summed E-state index contributed by atoms with van der Waals surface area (Å²) in [6, 6.07) is 59.2. The summed E-state index contributed by atoms with van der Waals surface area (Å²) in [6.07, 6.45) is 1.26. The normalized spacial score (nSPS) is 11.4. The van der Waals surface area contributed by atoms with E-state index in [4.69, 9.17) is 0 Å². The average Bonchev–Trinajstić information content (AvgIpc) is 3.15. The molecule has 0 spiro atoms. The zero-order valence-electron chi connectivity index (χ0n) is 26.0. The van der Waals surface area contributed by atoms with Gasteiger partial charge in [0.2, 0.25) is 0 Å². The topological polar surface area (TPSA) is 16.1 Å². The van der Waals surface area contributed by atoms with Crippen LogP contribution in [0.2, 0.25) is 0 Å². The molecule has 0 fully saturated rings. The molecule has 0 radical (unpaired) electrons. The van der Waals surface area contributed by atoms with E-state index in [0.717, 1.165) is 16.9 Å². The van der Waals surface area contributed by atoms with Crippen LogP contribution >= 0.6 is 0 Å². The molecule has 0 saturated carbocycles. The minimum Gasteiger partial charge on any atom is -0.295 e. The summed E-state index contributed by atoms with van der Waals surface area (Å²) < 4.78 is 13.9. The fraction of sp³-hybridized carbons (Fsp3) is 0. The molecule has 0 N–H and O–H groups in total. The highest BCUT2D eigenvalue weighted by Crippen LogP contribution is 2.47. The van der Waals surface area contributed by atoms with Crippen molar-refractivity contribution in [2.45, 2.75) is 0 Å². The maximum atomic E-state index is 13.9. The zero-order chi connectivity index (χ0) is 32.0. The molecule has 48 heavy (non-hydrogen) atoms. The van der Waals surface area contributed by atoms with E-state index >= 15 is 0 Å². The summed E-state index contributed by atoms with van der Waals surface area (Å²) in [6.45, 7) is 0. The summed E-state index contributed by atoms with van der Waals surface area (Å²) in [7, 11) is 0. The zero-order valence-corrected chi connectivity index (χ0v) is 26.0. The first-order valence-electron chi connectivity index (χ1n) is 16.2. The third kappa shape index (κ3) is 4.59. The van der Waals surface area contributed by atoms with Crippen LogP contribution < -0.4 is 4.90 Å². The van der Waals surface area contributed by atoms with Crippen molar-refractivity contribution in [3.63, 3.8) is 0 Å². The molecule has 226 valence electrons. The lowest BCUT2D eigenvalue weighted by molar-refractivity contribution is 0.621. The highest BCUT2D eigenvalue weighted by atomic mass is 19.1. The van der Waals surface area contributed by atoms with E-state index in [1.165, 1.54) is 72.0 Å². The summed E-state index contributed by atoms with van der Waals surface area (Å²) in [4.78, 5) is 6.47. The van der Waals surface area contributed by atoms with E-state index in [2.05, 4.69) is 132 Å². The van der Waals surface area contributed by atoms with Gasteiger partial charge in [0.05, 0.1) is 6.20 Å². The number of fused-ring (bicyclic) bond motifs is 5. The van der Waals surface area contributed by atoms with Gasteiger partial charge in [-0.15, -0.1) is 0 Å². The summed E-state index contributed by atoms with van der Waals surface area (Å²) in [5, 5.41) is 9.86. The molecule has 0 atom stereocenters. The molecule has 0 aliphatic heterocycles. The van der Waals surface area contributed by atoms with Gasteiger partial charge in [0.1, 0.15) is 11.6 Å². The monoisotopic (exact) mass is 616 g/mol. The van der Waals surface area contributed by atoms with E-state index < -0.39 is 0 Å². The van der Waals surface area contributed by atoms with Gasteiger partial charge in [-0.3, -0.25) is 4.90 Å². The van der Waals surface area contributed by atoms with Gasteiger partial charge in [-0.05, 0) is 108 Å². The molecule has 0 saturated heterocycles. The molecule has 0 bridgehead atoms. The number of pyridine rings is 1. The predicted octanol–water partition coefficient (Wildman–Crippen LogP) is 12.6.